The number of nitrogens with one attached hydrogen (secondary N) is 1. The Kier molecular flexibility index (Phi) is 8.79. The molecule has 1 aromatic heterocycles. The molecule has 2 N–H and O–H groups in total. The van der Waals surface area contributed by atoms with Crippen LogP contribution in [0.3, 0.4) is 0 Å². The molecule has 6 atom stereocenters. The lowest BCUT2D eigenvalue weighted by Crippen LogP contribution is -2.53. The smallest absolute Gasteiger partial charge is 0.260 e. The Morgan fingerprint density at radius 2 is 1.54 bits per heavy atom. The fourth-order valence-corrected chi connectivity index (χ4v) is 10.1. The topological polar surface area (TPSA) is 142 Å². The van der Waals surface area contributed by atoms with Crippen molar-refractivity contribution in [2.45, 2.75) is 31.1 Å². The molecule has 4 aliphatic rings. The lowest BCUT2D eigenvalue weighted by atomic mass is 9.49. The summed E-state index contributed by atoms with van der Waals surface area (Å²) in [5.41, 5.74) is 7.96. The molecule has 4 amide bonds. The van der Waals surface area contributed by atoms with Crippen molar-refractivity contribution >= 4 is 46.1 Å². The predicted molar refractivity (Wildman–Crippen MR) is 220 cm³/mol. The third-order valence-corrected chi connectivity index (χ3v) is 12.6. The number of aryl methyl sites for hydroxylation is 1. The summed E-state index contributed by atoms with van der Waals surface area (Å²) < 4.78 is 12.1. The Hall–Kier alpha value is -6.85. The lowest BCUT2D eigenvalue weighted by Gasteiger charge is -2.50. The van der Waals surface area contributed by atoms with Crippen molar-refractivity contribution in [3.63, 3.8) is 0 Å². The monoisotopic (exact) mass is 784 g/mol. The first-order valence-electron chi connectivity index (χ1n) is 19.9. The highest BCUT2D eigenvalue weighted by molar-refractivity contribution is 6.22. The average Bonchev–Trinajstić information content (AvgIpc) is 3.88. The second-order valence-electron chi connectivity index (χ2n) is 15.7. The molecular formula is C48H40N4O7. The van der Waals surface area contributed by atoms with Gasteiger partial charge in [-0.3, -0.25) is 29.5 Å². The molecule has 0 spiro atoms. The minimum atomic E-state index is -1.45. The number of anilines is 2. The van der Waals surface area contributed by atoms with Gasteiger partial charge in [0.25, 0.3) is 11.8 Å². The quantitative estimate of drug-likeness (QED) is 0.114. The van der Waals surface area contributed by atoms with Gasteiger partial charge in [0.05, 0.1) is 41.2 Å². The number of rotatable bonds is 9. The van der Waals surface area contributed by atoms with Crippen LogP contribution in [0.15, 0.2) is 143 Å². The molecule has 11 nitrogen and oxygen atoms in total. The van der Waals surface area contributed by atoms with E-state index < -0.39 is 46.8 Å². The number of carbonyl (C=O) groups is 4. The second kappa shape index (κ2) is 14.2. The molecule has 3 heterocycles. The highest BCUT2D eigenvalue weighted by Gasteiger charge is 2.70. The Morgan fingerprint density at radius 1 is 0.814 bits per heavy atom. The van der Waals surface area contributed by atoms with E-state index in [2.05, 4.69) is 10.4 Å². The first-order valence-corrected chi connectivity index (χ1v) is 19.9. The maximum absolute atomic E-state index is 15.5. The number of benzene rings is 5. The molecule has 0 bridgehead atoms. The van der Waals surface area contributed by atoms with Crippen molar-refractivity contribution in [3.8, 4) is 17.2 Å². The van der Waals surface area contributed by atoms with Crippen LogP contribution in [0, 0.1) is 30.6 Å². The average molecular weight is 785 g/mol. The molecular weight excluding hydrogens is 745 g/mol. The SMILES string of the molecule is Cc1ccc(NN2C(=O)C3CC4C(=CCC5C(=O)N(c6ccc(-c7nc8ccccc8o7)cc6)C(=O)C54)C(c4ccccc4OCCO)C3(c3ccccc3)C2=O)cc1. The van der Waals surface area contributed by atoms with E-state index >= 15 is 9.59 Å². The van der Waals surface area contributed by atoms with E-state index in [1.807, 2.05) is 110 Å². The van der Waals surface area contributed by atoms with Crippen molar-refractivity contribution in [2.24, 2.45) is 23.7 Å². The van der Waals surface area contributed by atoms with Gasteiger partial charge in [0.15, 0.2) is 5.58 Å². The van der Waals surface area contributed by atoms with Crippen molar-refractivity contribution in [2.75, 3.05) is 23.5 Å². The lowest BCUT2D eigenvalue weighted by molar-refractivity contribution is -0.138. The van der Waals surface area contributed by atoms with Gasteiger partial charge in [-0.1, -0.05) is 90.0 Å². The molecule has 294 valence electrons. The number of imide groups is 2. The first kappa shape index (κ1) is 36.5. The molecule has 10 rings (SSSR count). The van der Waals surface area contributed by atoms with Gasteiger partial charge in [0.1, 0.15) is 17.9 Å². The third-order valence-electron chi connectivity index (χ3n) is 12.6. The van der Waals surface area contributed by atoms with Crippen LogP contribution in [0.1, 0.15) is 35.4 Å². The predicted octanol–water partition coefficient (Wildman–Crippen LogP) is 7.36. The molecule has 11 heteroatoms. The van der Waals surface area contributed by atoms with Gasteiger partial charge in [-0.2, -0.15) is 5.01 Å². The van der Waals surface area contributed by atoms with E-state index in [1.165, 1.54) is 4.90 Å². The van der Waals surface area contributed by atoms with Crippen molar-refractivity contribution in [3.05, 3.63) is 156 Å². The van der Waals surface area contributed by atoms with Crippen LogP contribution in [0.25, 0.3) is 22.6 Å². The molecule has 5 aromatic carbocycles. The number of para-hydroxylation sites is 3. The summed E-state index contributed by atoms with van der Waals surface area (Å²) in [6.07, 6.45) is 2.47. The van der Waals surface area contributed by atoms with E-state index in [4.69, 9.17) is 9.15 Å². The molecule has 2 aliphatic carbocycles. The minimum absolute atomic E-state index is 0.0137. The van der Waals surface area contributed by atoms with E-state index in [1.54, 1.807) is 30.3 Å². The van der Waals surface area contributed by atoms with Crippen LogP contribution in [-0.2, 0) is 24.6 Å². The summed E-state index contributed by atoms with van der Waals surface area (Å²) in [7, 11) is 0. The van der Waals surface area contributed by atoms with Gasteiger partial charge >= 0.3 is 0 Å². The molecule has 1 saturated carbocycles. The van der Waals surface area contributed by atoms with Gasteiger partial charge in [0, 0.05) is 17.0 Å². The summed E-state index contributed by atoms with van der Waals surface area (Å²) in [5, 5.41) is 11.0. The molecule has 6 aromatic rings. The van der Waals surface area contributed by atoms with Gasteiger partial charge < -0.3 is 14.3 Å². The third kappa shape index (κ3) is 5.63. The van der Waals surface area contributed by atoms with Crippen LogP contribution in [0.2, 0.25) is 0 Å². The first-order chi connectivity index (χ1) is 28.8. The number of aromatic nitrogens is 1. The number of fused-ring (bicyclic) bond motifs is 5. The fourth-order valence-electron chi connectivity index (χ4n) is 10.1. The Balaban J connectivity index is 1.08. The summed E-state index contributed by atoms with van der Waals surface area (Å²) in [4.78, 5) is 65.6. The molecule has 2 saturated heterocycles. The van der Waals surface area contributed by atoms with Crippen molar-refractivity contribution < 1.29 is 33.4 Å². The maximum Gasteiger partial charge on any atom is 0.260 e. The summed E-state index contributed by atoms with van der Waals surface area (Å²) in [6.45, 7) is 1.75. The Morgan fingerprint density at radius 3 is 2.31 bits per heavy atom. The molecule has 0 radical (unpaired) electrons. The van der Waals surface area contributed by atoms with Crippen LogP contribution < -0.4 is 15.1 Å². The summed E-state index contributed by atoms with van der Waals surface area (Å²) in [6, 6.07) is 38.8. The standard InChI is InChI=1S/C48H40N4O7/c1-28-15-19-31(20-16-28)50-52-45(55)37-27-36-33(42(34-11-5-7-13-39(34)58-26-25-53)48(37,47(52)57)30-9-3-2-4-10-30)23-24-35-41(36)46(56)51(44(35)54)32-21-17-29(18-22-32)43-49-38-12-6-8-14-40(38)59-43/h2-23,35-37,41-42,50,53H,24-27H2,1H3. The maximum atomic E-state index is 15.5. The number of nitrogens with zero attached hydrogens (tertiary/aromatic N) is 3. The summed E-state index contributed by atoms with van der Waals surface area (Å²) in [5.74, 6) is -4.25. The number of allylic oxidation sites excluding steroid dienone is 2. The zero-order valence-electron chi connectivity index (χ0n) is 32.2. The largest absolute Gasteiger partial charge is 0.491 e. The Labute approximate surface area is 339 Å². The number of oxazole rings is 1. The number of ether oxygens (including phenoxy) is 1. The van der Waals surface area contributed by atoms with Crippen LogP contribution in [-0.4, -0.2) is 51.9 Å². The second-order valence-corrected chi connectivity index (χ2v) is 15.7. The van der Waals surface area contributed by atoms with Gasteiger partial charge in [-0.05, 0) is 85.8 Å². The van der Waals surface area contributed by atoms with E-state index in [9.17, 15) is 14.7 Å². The molecule has 3 fully saturated rings. The Bertz CT molecular complexity index is 2640. The molecule has 2 aliphatic heterocycles. The van der Waals surface area contributed by atoms with Crippen LogP contribution in [0.5, 0.6) is 5.75 Å². The number of hydrogen-bond donors (Lipinski definition) is 2. The molecule has 6 unspecified atom stereocenters. The van der Waals surface area contributed by atoms with Crippen LogP contribution >= 0.6 is 0 Å². The number of aliphatic hydroxyl groups is 1. The number of carbonyl (C=O) groups excluding carboxylic acids is 4. The van der Waals surface area contributed by atoms with E-state index in [-0.39, 0.29) is 37.9 Å². The normalized spacial score (nSPS) is 24.8. The fraction of sp³-hybridized carbons (Fsp3) is 0.229. The number of hydrogen-bond acceptors (Lipinski definition) is 9. The van der Waals surface area contributed by atoms with Crippen molar-refractivity contribution in [1.29, 1.82) is 0 Å². The highest BCUT2D eigenvalue weighted by Crippen LogP contribution is 2.65. The number of hydrazine groups is 1. The number of aliphatic hydroxyl groups excluding tert-OH is 1. The van der Waals surface area contributed by atoms with Gasteiger partial charge in [-0.25, -0.2) is 4.98 Å². The zero-order chi connectivity index (χ0) is 40.4. The van der Waals surface area contributed by atoms with E-state index in [0.717, 1.165) is 21.7 Å². The van der Waals surface area contributed by atoms with Crippen molar-refractivity contribution in [1.82, 2.24) is 9.99 Å². The van der Waals surface area contributed by atoms with Gasteiger partial charge in [0.2, 0.25) is 17.7 Å². The number of amides is 4. The summed E-state index contributed by atoms with van der Waals surface area (Å²) >= 11 is 0. The highest BCUT2D eigenvalue weighted by atomic mass is 16.5. The zero-order valence-corrected chi connectivity index (χ0v) is 32.2. The minimum Gasteiger partial charge on any atom is -0.491 e. The van der Waals surface area contributed by atoms with Crippen LogP contribution in [0.4, 0.5) is 11.4 Å². The van der Waals surface area contributed by atoms with E-state index in [0.29, 0.717) is 45.3 Å². The van der Waals surface area contributed by atoms with Gasteiger partial charge in [-0.15, -0.1) is 0 Å². The molecule has 59 heavy (non-hydrogen) atoms.